The standard InChI is InChI=1S/C11H13F3N2S/c12-11(13,14)6-9-15-8(5-10(17)16-9)7-3-1-2-4-7/h5,7H,1-4,6H2,(H,15,16,17). The van der Waals surface area contributed by atoms with Crippen molar-refractivity contribution < 1.29 is 13.2 Å². The van der Waals surface area contributed by atoms with Crippen LogP contribution in [-0.2, 0) is 6.42 Å². The van der Waals surface area contributed by atoms with E-state index >= 15 is 0 Å². The summed E-state index contributed by atoms with van der Waals surface area (Å²) in [5.74, 6) is 0.235. The van der Waals surface area contributed by atoms with E-state index < -0.39 is 12.6 Å². The first kappa shape index (κ1) is 12.5. The van der Waals surface area contributed by atoms with Crippen LogP contribution in [0.3, 0.4) is 0 Å². The molecule has 0 amide bonds. The first-order valence-electron chi connectivity index (χ1n) is 5.61. The van der Waals surface area contributed by atoms with E-state index in [0.717, 1.165) is 31.4 Å². The lowest BCUT2D eigenvalue weighted by atomic mass is 10.0. The van der Waals surface area contributed by atoms with Crippen LogP contribution in [0.15, 0.2) is 6.07 Å². The van der Waals surface area contributed by atoms with E-state index in [9.17, 15) is 13.2 Å². The van der Waals surface area contributed by atoms with Crippen LogP contribution in [0.1, 0.15) is 43.1 Å². The van der Waals surface area contributed by atoms with Crippen molar-refractivity contribution >= 4 is 12.2 Å². The van der Waals surface area contributed by atoms with Gasteiger partial charge < -0.3 is 4.98 Å². The molecule has 6 heteroatoms. The zero-order chi connectivity index (χ0) is 12.5. The van der Waals surface area contributed by atoms with Gasteiger partial charge in [0.25, 0.3) is 0 Å². The zero-order valence-electron chi connectivity index (χ0n) is 9.18. The number of hydrogen-bond acceptors (Lipinski definition) is 2. The molecule has 0 spiro atoms. The fourth-order valence-corrected chi connectivity index (χ4v) is 2.50. The number of H-pyrrole nitrogens is 1. The van der Waals surface area contributed by atoms with Gasteiger partial charge in [-0.05, 0) is 24.8 Å². The first-order chi connectivity index (χ1) is 7.94. The third-order valence-corrected chi connectivity index (χ3v) is 3.18. The molecule has 2 rings (SSSR count). The molecule has 0 saturated heterocycles. The molecule has 1 fully saturated rings. The Bertz CT molecular complexity index is 447. The van der Waals surface area contributed by atoms with E-state index in [1.807, 2.05) is 0 Å². The molecule has 1 aromatic rings. The summed E-state index contributed by atoms with van der Waals surface area (Å²) >= 11 is 4.91. The van der Waals surface area contributed by atoms with Gasteiger partial charge in [0.2, 0.25) is 0 Å². The maximum atomic E-state index is 12.3. The highest BCUT2D eigenvalue weighted by molar-refractivity contribution is 7.71. The predicted molar refractivity (Wildman–Crippen MR) is 60.4 cm³/mol. The molecule has 2 nitrogen and oxygen atoms in total. The average Bonchev–Trinajstić information content (AvgIpc) is 2.65. The van der Waals surface area contributed by atoms with Crippen molar-refractivity contribution in [3.05, 3.63) is 22.2 Å². The van der Waals surface area contributed by atoms with Gasteiger partial charge in [0.15, 0.2) is 0 Å². The number of nitrogens with one attached hydrogen (secondary N) is 1. The van der Waals surface area contributed by atoms with Crippen molar-refractivity contribution in [2.75, 3.05) is 0 Å². The number of halogens is 3. The summed E-state index contributed by atoms with van der Waals surface area (Å²) in [5, 5.41) is 0. The van der Waals surface area contributed by atoms with Crippen LogP contribution in [0.5, 0.6) is 0 Å². The monoisotopic (exact) mass is 262 g/mol. The molecule has 1 saturated carbocycles. The molecule has 1 heterocycles. The Balaban J connectivity index is 2.26. The molecule has 0 bridgehead atoms. The number of aromatic amines is 1. The minimum absolute atomic E-state index is 0.0769. The molecule has 0 aliphatic heterocycles. The maximum absolute atomic E-state index is 12.3. The highest BCUT2D eigenvalue weighted by Crippen LogP contribution is 2.33. The molecule has 94 valence electrons. The summed E-state index contributed by atoms with van der Waals surface area (Å²) < 4.78 is 37.1. The lowest BCUT2D eigenvalue weighted by molar-refractivity contribution is -0.128. The molecule has 17 heavy (non-hydrogen) atoms. The van der Waals surface area contributed by atoms with E-state index in [2.05, 4.69) is 9.97 Å². The summed E-state index contributed by atoms with van der Waals surface area (Å²) in [5.41, 5.74) is 0.807. The van der Waals surface area contributed by atoms with Gasteiger partial charge in [0, 0.05) is 5.69 Å². The highest BCUT2D eigenvalue weighted by atomic mass is 32.1. The second kappa shape index (κ2) is 4.76. The Morgan fingerprint density at radius 3 is 2.59 bits per heavy atom. The Hall–Kier alpha value is -0.910. The van der Waals surface area contributed by atoms with Crippen molar-refractivity contribution in [2.24, 2.45) is 0 Å². The number of nitrogens with zero attached hydrogens (tertiary/aromatic N) is 1. The Morgan fingerprint density at radius 1 is 1.35 bits per heavy atom. The predicted octanol–water partition coefficient (Wildman–Crippen LogP) is 3.90. The normalized spacial score (nSPS) is 17.6. The molecule has 1 aliphatic rings. The molecule has 1 N–H and O–H groups in total. The van der Waals surface area contributed by atoms with Crippen molar-refractivity contribution in [1.29, 1.82) is 0 Å². The first-order valence-corrected chi connectivity index (χ1v) is 6.02. The number of aromatic nitrogens is 2. The van der Waals surface area contributed by atoms with E-state index in [0.29, 0.717) is 5.92 Å². The van der Waals surface area contributed by atoms with E-state index in [4.69, 9.17) is 12.2 Å². The quantitative estimate of drug-likeness (QED) is 0.819. The molecule has 0 unspecified atom stereocenters. The van der Waals surface area contributed by atoms with E-state index in [1.54, 1.807) is 6.07 Å². The molecular formula is C11H13F3N2S. The second-order valence-corrected chi connectivity index (χ2v) is 4.81. The van der Waals surface area contributed by atoms with Gasteiger partial charge in [-0.1, -0.05) is 25.1 Å². The van der Waals surface area contributed by atoms with Crippen LogP contribution >= 0.6 is 12.2 Å². The van der Waals surface area contributed by atoms with Crippen molar-refractivity contribution in [1.82, 2.24) is 9.97 Å². The number of rotatable bonds is 2. The van der Waals surface area contributed by atoms with Crippen LogP contribution in [0.4, 0.5) is 13.2 Å². The van der Waals surface area contributed by atoms with Crippen LogP contribution in [0.2, 0.25) is 0 Å². The summed E-state index contributed by atoms with van der Waals surface area (Å²) in [6.07, 6.45) is -1.01. The second-order valence-electron chi connectivity index (χ2n) is 4.39. The van der Waals surface area contributed by atoms with Gasteiger partial charge in [0.1, 0.15) is 16.9 Å². The van der Waals surface area contributed by atoms with Gasteiger partial charge in [-0.25, -0.2) is 4.98 Å². The summed E-state index contributed by atoms with van der Waals surface area (Å²) in [6.45, 7) is 0. The van der Waals surface area contributed by atoms with Gasteiger partial charge in [-0.15, -0.1) is 0 Å². The minimum atomic E-state index is -4.25. The molecule has 0 aromatic carbocycles. The fraction of sp³-hybridized carbons (Fsp3) is 0.636. The Labute approximate surface area is 102 Å². The van der Waals surface area contributed by atoms with Gasteiger partial charge in [-0.3, -0.25) is 0 Å². The van der Waals surface area contributed by atoms with E-state index in [-0.39, 0.29) is 10.5 Å². The number of hydrogen-bond donors (Lipinski definition) is 1. The average molecular weight is 262 g/mol. The fourth-order valence-electron chi connectivity index (χ4n) is 2.26. The topological polar surface area (TPSA) is 28.7 Å². The van der Waals surface area contributed by atoms with E-state index in [1.165, 1.54) is 0 Å². The van der Waals surface area contributed by atoms with Crippen LogP contribution in [-0.4, -0.2) is 16.1 Å². The lowest BCUT2D eigenvalue weighted by Gasteiger charge is -2.12. The van der Waals surface area contributed by atoms with Gasteiger partial charge >= 0.3 is 6.18 Å². The van der Waals surface area contributed by atoms with Gasteiger partial charge in [0.05, 0.1) is 0 Å². The van der Waals surface area contributed by atoms with Crippen molar-refractivity contribution in [3.63, 3.8) is 0 Å². The van der Waals surface area contributed by atoms with Crippen LogP contribution < -0.4 is 0 Å². The third-order valence-electron chi connectivity index (χ3n) is 2.98. The molecule has 1 aliphatic carbocycles. The maximum Gasteiger partial charge on any atom is 0.396 e. The third kappa shape index (κ3) is 3.52. The Morgan fingerprint density at radius 2 is 2.00 bits per heavy atom. The summed E-state index contributed by atoms with van der Waals surface area (Å²) in [6, 6.07) is 1.69. The lowest BCUT2D eigenvalue weighted by Crippen LogP contribution is -2.15. The van der Waals surface area contributed by atoms with Crippen LogP contribution in [0, 0.1) is 4.64 Å². The molecule has 0 radical (unpaired) electrons. The molecular weight excluding hydrogens is 249 g/mol. The molecule has 0 atom stereocenters. The SMILES string of the molecule is FC(F)(F)Cc1nc(=S)cc(C2CCCC2)[nH]1. The minimum Gasteiger partial charge on any atom is -0.347 e. The number of alkyl halides is 3. The highest BCUT2D eigenvalue weighted by Gasteiger charge is 2.29. The van der Waals surface area contributed by atoms with Crippen molar-refractivity contribution in [3.8, 4) is 0 Å². The van der Waals surface area contributed by atoms with Crippen molar-refractivity contribution in [2.45, 2.75) is 44.2 Å². The summed E-state index contributed by atoms with van der Waals surface area (Å²) in [4.78, 5) is 6.52. The summed E-state index contributed by atoms with van der Waals surface area (Å²) in [7, 11) is 0. The smallest absolute Gasteiger partial charge is 0.347 e. The largest absolute Gasteiger partial charge is 0.396 e. The zero-order valence-corrected chi connectivity index (χ0v) is 10.00. The Kier molecular flexibility index (Phi) is 3.51. The van der Waals surface area contributed by atoms with Gasteiger partial charge in [-0.2, -0.15) is 13.2 Å². The molecule has 1 aromatic heterocycles. The van der Waals surface area contributed by atoms with Crippen LogP contribution in [0.25, 0.3) is 0 Å².